The van der Waals surface area contributed by atoms with E-state index in [0.29, 0.717) is 29.8 Å². The molecule has 7 nitrogen and oxygen atoms in total. The van der Waals surface area contributed by atoms with Crippen LogP contribution in [0.4, 0.5) is 0 Å². The van der Waals surface area contributed by atoms with Crippen molar-refractivity contribution in [1.29, 1.82) is 0 Å². The first-order chi connectivity index (χ1) is 19.3. The highest BCUT2D eigenvalue weighted by molar-refractivity contribution is 6.57. The van der Waals surface area contributed by atoms with Crippen molar-refractivity contribution in [1.82, 2.24) is 0 Å². The molecule has 0 rings (SSSR count). The van der Waals surface area contributed by atoms with E-state index in [1.807, 2.05) is 21.1 Å². The predicted molar refractivity (Wildman–Crippen MR) is 176 cm³/mol. The Labute approximate surface area is 256 Å². The summed E-state index contributed by atoms with van der Waals surface area (Å²) in [6, 6.07) is 0.311. The van der Waals surface area contributed by atoms with Gasteiger partial charge in [0, 0.05) is 51.5 Å². The Hall–Kier alpha value is -0.0631. The van der Waals surface area contributed by atoms with E-state index >= 15 is 0 Å². The second-order valence-electron chi connectivity index (χ2n) is 14.3. The van der Waals surface area contributed by atoms with Crippen LogP contribution < -0.4 is 0 Å². The zero-order valence-electron chi connectivity index (χ0n) is 28.5. The van der Waals surface area contributed by atoms with Gasteiger partial charge in [-0.1, -0.05) is 96.8 Å². The summed E-state index contributed by atoms with van der Waals surface area (Å²) in [7, 11) is 6.90. The second kappa shape index (κ2) is 23.3. The molecule has 0 atom stereocenters. The number of nitrogens with zero attached hydrogens (tertiary/aromatic N) is 2. The molecule has 0 radical (unpaired) electrons. The summed E-state index contributed by atoms with van der Waals surface area (Å²) in [6.45, 7) is 4.61. The van der Waals surface area contributed by atoms with Gasteiger partial charge in [-0.25, -0.2) is 0 Å². The van der Waals surface area contributed by atoms with E-state index in [4.69, 9.17) is 4.43 Å². The summed E-state index contributed by atoms with van der Waals surface area (Å²) in [5.41, 5.74) is -0.361. The molecule has 0 saturated heterocycles. The van der Waals surface area contributed by atoms with E-state index in [1.165, 1.54) is 103 Å². The van der Waals surface area contributed by atoms with E-state index < -0.39 is 8.80 Å². The Morgan fingerprint density at radius 3 is 1.34 bits per heavy atom. The van der Waals surface area contributed by atoms with Crippen LogP contribution in [0.5, 0.6) is 0 Å². The smallest absolute Gasteiger partial charge is 0.396 e. The van der Waals surface area contributed by atoms with Gasteiger partial charge < -0.3 is 33.2 Å². The lowest BCUT2D eigenvalue weighted by Gasteiger charge is -2.46. The third-order valence-electron chi connectivity index (χ3n) is 9.36. The summed E-state index contributed by atoms with van der Waals surface area (Å²) in [5.74, 6) is 0. The van der Waals surface area contributed by atoms with Crippen LogP contribution in [0.15, 0.2) is 0 Å². The van der Waals surface area contributed by atoms with E-state index in [0.717, 1.165) is 24.0 Å². The van der Waals surface area contributed by atoms with Gasteiger partial charge in [0.05, 0.1) is 48.3 Å². The van der Waals surface area contributed by atoms with Crippen LogP contribution in [-0.4, -0.2) is 111 Å². The lowest BCUT2D eigenvalue weighted by atomic mass is 9.85. The van der Waals surface area contributed by atoms with Gasteiger partial charge in [-0.05, 0) is 12.8 Å². The van der Waals surface area contributed by atoms with Gasteiger partial charge in [0.25, 0.3) is 0 Å². The summed E-state index contributed by atoms with van der Waals surface area (Å²) in [6.07, 6.45) is 24.5. The van der Waals surface area contributed by atoms with Crippen LogP contribution in [0.25, 0.3) is 0 Å². The lowest BCUT2D eigenvalue weighted by molar-refractivity contribution is -0.925. The number of hydrogen-bond acceptors (Lipinski definition) is 5. The van der Waals surface area contributed by atoms with Crippen molar-refractivity contribution in [3.05, 3.63) is 0 Å². The normalized spacial score (nSPS) is 13.3. The van der Waals surface area contributed by atoms with Gasteiger partial charge in [-0.3, -0.25) is 0 Å². The molecule has 4 N–H and O–H groups in total. The predicted octanol–water partition coefficient (Wildman–Crippen LogP) is 6.25. The van der Waals surface area contributed by atoms with Crippen LogP contribution in [0.3, 0.4) is 0 Å². The van der Waals surface area contributed by atoms with Crippen molar-refractivity contribution in [2.75, 3.05) is 68.1 Å². The number of quaternary nitrogens is 2. The topological polar surface area (TPSA) is 90.2 Å². The number of hydrogen-bond donors (Lipinski definition) is 4. The van der Waals surface area contributed by atoms with E-state index in [1.54, 1.807) is 0 Å². The van der Waals surface area contributed by atoms with Crippen molar-refractivity contribution < 1.29 is 33.2 Å². The first kappa shape index (κ1) is 40.9. The number of rotatable bonds is 30. The standard InChI is InChI=1S/C33H74N2O5Si/c1-7-8-9-10-11-12-13-14-15-16-17-18-19-20-21-22-27-35(5,6)28-23-32-41(38,39)40-31-26-33(24-29-36,25-30-37)34(2,3)4/h36-39H,7-32H2,1-6H3/q+2. The molecular formula is C33H74N2O5Si+2. The van der Waals surface area contributed by atoms with Gasteiger partial charge in [0.2, 0.25) is 0 Å². The van der Waals surface area contributed by atoms with Gasteiger partial charge in [0.1, 0.15) is 5.54 Å². The SMILES string of the molecule is CCCCCCCCCCCCCCCCCC[N+](C)(C)CCC[Si](O)(O)OCCC(CCO)(CCO)[N+](C)(C)C. The molecule has 0 aromatic rings. The average Bonchev–Trinajstić information content (AvgIpc) is 2.87. The zero-order chi connectivity index (χ0) is 31.1. The van der Waals surface area contributed by atoms with Crippen molar-refractivity contribution in [3.8, 4) is 0 Å². The second-order valence-corrected chi connectivity index (χ2v) is 16.6. The largest absolute Gasteiger partial charge is 0.495 e. The number of unbranched alkanes of at least 4 members (excludes halogenated alkanes) is 15. The minimum absolute atomic E-state index is 0.0305. The molecule has 0 saturated carbocycles. The monoisotopic (exact) mass is 607 g/mol. The number of aliphatic hydroxyl groups is 2. The molecule has 248 valence electrons. The zero-order valence-corrected chi connectivity index (χ0v) is 29.5. The Morgan fingerprint density at radius 2 is 0.951 bits per heavy atom. The van der Waals surface area contributed by atoms with Crippen LogP contribution in [-0.2, 0) is 4.43 Å². The number of aliphatic hydroxyl groups excluding tert-OH is 2. The summed E-state index contributed by atoms with van der Waals surface area (Å²) >= 11 is 0. The van der Waals surface area contributed by atoms with Crippen LogP contribution in [0.2, 0.25) is 6.04 Å². The fraction of sp³-hybridized carbons (Fsp3) is 1.00. The molecule has 0 aromatic heterocycles. The maximum atomic E-state index is 10.6. The van der Waals surface area contributed by atoms with Crippen molar-refractivity contribution in [2.45, 2.75) is 147 Å². The molecule has 0 bridgehead atoms. The summed E-state index contributed by atoms with van der Waals surface area (Å²) in [5, 5.41) is 19.2. The van der Waals surface area contributed by atoms with Crippen molar-refractivity contribution in [2.24, 2.45) is 0 Å². The van der Waals surface area contributed by atoms with Gasteiger partial charge in [0.15, 0.2) is 0 Å². The highest BCUT2D eigenvalue weighted by Gasteiger charge is 2.43. The molecule has 0 amide bonds. The molecule has 0 aromatic carbocycles. The lowest BCUT2D eigenvalue weighted by Crippen LogP contribution is -2.59. The van der Waals surface area contributed by atoms with Crippen LogP contribution in [0, 0.1) is 0 Å². The molecule has 0 spiro atoms. The molecule has 0 aliphatic carbocycles. The van der Waals surface area contributed by atoms with Crippen LogP contribution in [0.1, 0.15) is 135 Å². The van der Waals surface area contributed by atoms with Gasteiger partial charge in [-0.15, -0.1) is 0 Å². The third kappa shape index (κ3) is 21.3. The van der Waals surface area contributed by atoms with Crippen molar-refractivity contribution in [3.63, 3.8) is 0 Å². The quantitative estimate of drug-likeness (QED) is 0.0441. The summed E-state index contributed by atoms with van der Waals surface area (Å²) < 4.78 is 7.13. The van der Waals surface area contributed by atoms with Crippen LogP contribution >= 0.6 is 0 Å². The molecule has 0 aliphatic rings. The molecule has 8 heteroatoms. The van der Waals surface area contributed by atoms with Gasteiger partial charge in [-0.2, -0.15) is 0 Å². The molecule has 0 aliphatic heterocycles. The molecular weight excluding hydrogens is 532 g/mol. The molecule has 0 heterocycles. The summed E-state index contributed by atoms with van der Waals surface area (Å²) in [4.78, 5) is 21.1. The highest BCUT2D eigenvalue weighted by Crippen LogP contribution is 2.31. The third-order valence-corrected chi connectivity index (χ3v) is 11.0. The van der Waals surface area contributed by atoms with E-state index in [2.05, 4.69) is 21.0 Å². The Balaban J connectivity index is 3.95. The maximum absolute atomic E-state index is 10.6. The van der Waals surface area contributed by atoms with E-state index in [9.17, 15) is 19.8 Å². The highest BCUT2D eigenvalue weighted by atomic mass is 28.4. The first-order valence-corrected chi connectivity index (χ1v) is 19.3. The minimum atomic E-state index is -3.73. The average molecular weight is 607 g/mol. The minimum Gasteiger partial charge on any atom is -0.396 e. The molecule has 41 heavy (non-hydrogen) atoms. The fourth-order valence-electron chi connectivity index (χ4n) is 6.21. The Morgan fingerprint density at radius 1 is 0.561 bits per heavy atom. The molecule has 0 unspecified atom stereocenters. The van der Waals surface area contributed by atoms with Crippen molar-refractivity contribution >= 4 is 8.80 Å². The first-order valence-electron chi connectivity index (χ1n) is 17.3. The fourth-order valence-corrected chi connectivity index (χ4v) is 7.40. The molecule has 0 fully saturated rings. The maximum Gasteiger partial charge on any atom is 0.495 e. The van der Waals surface area contributed by atoms with E-state index in [-0.39, 0.29) is 25.4 Å². The Kier molecular flexibility index (Phi) is 23.3. The van der Waals surface area contributed by atoms with Gasteiger partial charge >= 0.3 is 8.80 Å². The Bertz CT molecular complexity index is 593.